The van der Waals surface area contributed by atoms with Crippen molar-refractivity contribution in [2.75, 3.05) is 7.05 Å². The van der Waals surface area contributed by atoms with Crippen LogP contribution in [0.5, 0.6) is 0 Å². The molecule has 2 aromatic heterocycles. The van der Waals surface area contributed by atoms with E-state index in [1.165, 1.54) is 6.92 Å². The van der Waals surface area contributed by atoms with E-state index in [4.69, 9.17) is 0 Å². The summed E-state index contributed by atoms with van der Waals surface area (Å²) in [5.41, 5.74) is 4.28. The van der Waals surface area contributed by atoms with Gasteiger partial charge in [-0.2, -0.15) is 5.10 Å². The van der Waals surface area contributed by atoms with Crippen LogP contribution in [0.1, 0.15) is 34.4 Å². The number of para-hydroxylation sites is 2. The fourth-order valence-electron chi connectivity index (χ4n) is 3.01. The number of fused-ring (bicyclic) bond motifs is 1. The highest BCUT2D eigenvalue weighted by molar-refractivity contribution is 5.96. The second-order valence-electron chi connectivity index (χ2n) is 6.36. The van der Waals surface area contributed by atoms with Crippen molar-refractivity contribution in [3.63, 3.8) is 0 Å². The van der Waals surface area contributed by atoms with Gasteiger partial charge in [0.1, 0.15) is 6.54 Å². The molecule has 134 valence electrons. The molecule has 1 amide bonds. The van der Waals surface area contributed by atoms with Gasteiger partial charge in [0.05, 0.1) is 40.7 Å². The molecule has 0 aliphatic rings. The number of carbonyl (C=O) groups excluding carboxylic acids is 2. The Bertz CT molecular complexity index is 993. The van der Waals surface area contributed by atoms with E-state index < -0.39 is 0 Å². The Labute approximate surface area is 151 Å². The normalized spacial score (nSPS) is 10.9. The number of amides is 1. The van der Waals surface area contributed by atoms with E-state index in [-0.39, 0.29) is 18.2 Å². The molecule has 3 aromatic rings. The van der Waals surface area contributed by atoms with Crippen LogP contribution >= 0.6 is 0 Å². The van der Waals surface area contributed by atoms with Crippen LogP contribution in [0, 0.1) is 13.8 Å². The average molecular weight is 351 g/mol. The van der Waals surface area contributed by atoms with E-state index in [2.05, 4.69) is 15.1 Å². The number of aromatic nitrogens is 4. The Kier molecular flexibility index (Phi) is 4.79. The molecule has 0 aliphatic carbocycles. The predicted molar refractivity (Wildman–Crippen MR) is 97.7 cm³/mol. The maximum absolute atomic E-state index is 12.6. The Balaban J connectivity index is 1.73. The summed E-state index contributed by atoms with van der Waals surface area (Å²) in [7, 11) is 1.72. The van der Waals surface area contributed by atoms with Crippen LogP contribution in [0.15, 0.2) is 30.5 Å². The van der Waals surface area contributed by atoms with Crippen molar-refractivity contribution in [1.29, 1.82) is 0 Å². The van der Waals surface area contributed by atoms with Crippen molar-refractivity contribution >= 4 is 22.7 Å². The largest absolute Gasteiger partial charge is 0.338 e. The van der Waals surface area contributed by atoms with Gasteiger partial charge in [0.2, 0.25) is 5.91 Å². The third-order valence-electron chi connectivity index (χ3n) is 4.34. The molecule has 26 heavy (non-hydrogen) atoms. The predicted octanol–water partition coefficient (Wildman–Crippen LogP) is 2.30. The molecular weight excluding hydrogens is 330 g/mol. The lowest BCUT2D eigenvalue weighted by Gasteiger charge is -2.17. The molecule has 0 bridgehead atoms. The van der Waals surface area contributed by atoms with Crippen LogP contribution in [0.4, 0.5) is 0 Å². The first-order valence-electron chi connectivity index (χ1n) is 8.36. The summed E-state index contributed by atoms with van der Waals surface area (Å²) >= 11 is 0. The molecule has 0 saturated carbocycles. The molecule has 0 aliphatic heterocycles. The Morgan fingerprint density at radius 1 is 1.15 bits per heavy atom. The molecule has 0 unspecified atom stereocenters. The quantitative estimate of drug-likeness (QED) is 0.659. The van der Waals surface area contributed by atoms with Gasteiger partial charge < -0.3 is 4.90 Å². The van der Waals surface area contributed by atoms with Crippen molar-refractivity contribution in [3.8, 4) is 0 Å². The summed E-state index contributed by atoms with van der Waals surface area (Å²) in [6.07, 6.45) is 1.68. The highest BCUT2D eigenvalue weighted by atomic mass is 16.2. The van der Waals surface area contributed by atoms with E-state index >= 15 is 0 Å². The monoisotopic (exact) mass is 351 g/mol. The number of carbonyl (C=O) groups is 2. The maximum Gasteiger partial charge on any atom is 0.244 e. The van der Waals surface area contributed by atoms with Crippen molar-refractivity contribution in [3.05, 3.63) is 53.1 Å². The lowest BCUT2D eigenvalue weighted by molar-refractivity contribution is -0.131. The van der Waals surface area contributed by atoms with Gasteiger partial charge in [-0.25, -0.2) is 4.98 Å². The number of Topliss-reactive ketones (excluding diaryl/α,β-unsaturated/α-hetero) is 1. The lowest BCUT2D eigenvalue weighted by Crippen LogP contribution is -2.30. The van der Waals surface area contributed by atoms with Crippen molar-refractivity contribution < 1.29 is 9.59 Å². The van der Waals surface area contributed by atoms with E-state index in [0.717, 1.165) is 16.7 Å². The summed E-state index contributed by atoms with van der Waals surface area (Å²) < 4.78 is 1.58. The first-order chi connectivity index (χ1) is 12.4. The van der Waals surface area contributed by atoms with Gasteiger partial charge in [0.15, 0.2) is 5.78 Å². The Morgan fingerprint density at radius 3 is 2.50 bits per heavy atom. The standard InChI is InChI=1S/C19H21N5O2/c1-12-19(14(3)25)13(2)24(22-12)11-18(26)23(4)10-15-9-20-16-7-5-6-8-17(16)21-15/h5-9H,10-11H2,1-4H3. The van der Waals surface area contributed by atoms with Crippen molar-refractivity contribution in [1.82, 2.24) is 24.6 Å². The number of hydrogen-bond donors (Lipinski definition) is 0. The second kappa shape index (κ2) is 7.03. The first kappa shape index (κ1) is 17.7. The fraction of sp³-hybridized carbons (Fsp3) is 0.316. The zero-order valence-electron chi connectivity index (χ0n) is 15.4. The maximum atomic E-state index is 12.6. The number of aryl methyl sites for hydroxylation is 1. The summed E-state index contributed by atoms with van der Waals surface area (Å²) in [6, 6.07) is 7.62. The van der Waals surface area contributed by atoms with E-state index in [9.17, 15) is 9.59 Å². The van der Waals surface area contributed by atoms with Crippen LogP contribution in [-0.2, 0) is 17.9 Å². The molecule has 7 nitrogen and oxygen atoms in total. The van der Waals surface area contributed by atoms with Crippen LogP contribution in [0.25, 0.3) is 11.0 Å². The van der Waals surface area contributed by atoms with E-state index in [1.54, 1.807) is 36.7 Å². The molecule has 0 N–H and O–H groups in total. The zero-order chi connectivity index (χ0) is 18.8. The third-order valence-corrected chi connectivity index (χ3v) is 4.34. The molecule has 0 saturated heterocycles. The summed E-state index contributed by atoms with van der Waals surface area (Å²) in [6.45, 7) is 5.53. The smallest absolute Gasteiger partial charge is 0.244 e. The van der Waals surface area contributed by atoms with Gasteiger partial charge in [-0.15, -0.1) is 0 Å². The van der Waals surface area contributed by atoms with Crippen LogP contribution in [0.3, 0.4) is 0 Å². The lowest BCUT2D eigenvalue weighted by atomic mass is 10.1. The number of benzene rings is 1. The average Bonchev–Trinajstić information content (AvgIpc) is 2.88. The van der Waals surface area contributed by atoms with Crippen LogP contribution < -0.4 is 0 Å². The Morgan fingerprint density at radius 2 is 1.85 bits per heavy atom. The minimum Gasteiger partial charge on any atom is -0.338 e. The zero-order valence-corrected chi connectivity index (χ0v) is 15.4. The van der Waals surface area contributed by atoms with Gasteiger partial charge in [-0.3, -0.25) is 19.3 Å². The summed E-state index contributed by atoms with van der Waals surface area (Å²) in [5, 5.41) is 4.32. The number of likely N-dealkylation sites (N-methyl/N-ethyl adjacent to an activating group) is 1. The summed E-state index contributed by atoms with van der Waals surface area (Å²) in [5.74, 6) is -0.154. The highest BCUT2D eigenvalue weighted by Gasteiger charge is 2.18. The van der Waals surface area contributed by atoms with Gasteiger partial charge >= 0.3 is 0 Å². The molecule has 7 heteroatoms. The summed E-state index contributed by atoms with van der Waals surface area (Å²) in [4.78, 5) is 34.8. The number of hydrogen-bond acceptors (Lipinski definition) is 5. The molecule has 0 spiro atoms. The molecule has 3 rings (SSSR count). The van der Waals surface area contributed by atoms with E-state index in [1.807, 2.05) is 24.3 Å². The molecule has 0 atom stereocenters. The SMILES string of the molecule is CC(=O)c1c(C)nn(CC(=O)N(C)Cc2cnc3ccccc3n2)c1C. The number of nitrogens with zero attached hydrogens (tertiary/aromatic N) is 5. The molecule has 1 aromatic carbocycles. The molecular formula is C19H21N5O2. The van der Waals surface area contributed by atoms with Crippen LogP contribution in [-0.4, -0.2) is 43.4 Å². The molecule has 2 heterocycles. The fourth-order valence-corrected chi connectivity index (χ4v) is 3.01. The van der Waals surface area contributed by atoms with Gasteiger partial charge in [0.25, 0.3) is 0 Å². The molecule has 0 radical (unpaired) electrons. The van der Waals surface area contributed by atoms with Crippen LogP contribution in [0.2, 0.25) is 0 Å². The second-order valence-corrected chi connectivity index (χ2v) is 6.36. The van der Waals surface area contributed by atoms with Crippen molar-refractivity contribution in [2.24, 2.45) is 0 Å². The van der Waals surface area contributed by atoms with Gasteiger partial charge in [-0.05, 0) is 32.9 Å². The topological polar surface area (TPSA) is 81.0 Å². The number of rotatable bonds is 5. The third kappa shape index (κ3) is 3.46. The van der Waals surface area contributed by atoms with E-state index in [0.29, 0.717) is 23.5 Å². The minimum absolute atomic E-state index is 0.0431. The number of ketones is 1. The highest BCUT2D eigenvalue weighted by Crippen LogP contribution is 2.14. The Hall–Kier alpha value is -3.09. The van der Waals surface area contributed by atoms with Gasteiger partial charge in [-0.1, -0.05) is 12.1 Å². The minimum atomic E-state index is -0.110. The van der Waals surface area contributed by atoms with Crippen molar-refractivity contribution in [2.45, 2.75) is 33.9 Å². The first-order valence-corrected chi connectivity index (χ1v) is 8.36. The van der Waals surface area contributed by atoms with Gasteiger partial charge in [0, 0.05) is 12.7 Å². The molecule has 0 fully saturated rings.